The van der Waals surface area contributed by atoms with Crippen molar-refractivity contribution >= 4 is 11.7 Å². The maximum absolute atomic E-state index is 11.0. The van der Waals surface area contributed by atoms with Crippen LogP contribution < -0.4 is 10.5 Å². The Morgan fingerprint density at radius 3 is 2.82 bits per heavy atom. The molecule has 0 saturated carbocycles. The highest BCUT2D eigenvalue weighted by Gasteiger charge is 2.14. The third-order valence-corrected chi connectivity index (χ3v) is 2.12. The molecule has 0 spiro atoms. The number of nitrogen functional groups attached to an aromatic ring is 1. The van der Waals surface area contributed by atoms with Crippen LogP contribution in [0, 0.1) is 0 Å². The molecule has 0 heterocycles. The second-order valence-electron chi connectivity index (χ2n) is 3.65. The second-order valence-corrected chi connectivity index (χ2v) is 3.65. The van der Waals surface area contributed by atoms with E-state index in [1.165, 1.54) is 18.2 Å². The minimum absolute atomic E-state index is 0.0996. The molecule has 1 aromatic rings. The third kappa shape index (κ3) is 3.96. The molecule has 3 N–H and O–H groups in total. The average molecular weight is 239 g/mol. The first-order chi connectivity index (χ1) is 8.04. The highest BCUT2D eigenvalue weighted by atomic mass is 16.5. The fourth-order valence-corrected chi connectivity index (χ4v) is 1.35. The third-order valence-electron chi connectivity index (χ3n) is 2.12. The Balaban J connectivity index is 2.81. The molecule has 0 aromatic heterocycles. The largest absolute Gasteiger partial charge is 0.487 e. The van der Waals surface area contributed by atoms with Crippen molar-refractivity contribution in [3.8, 4) is 5.75 Å². The molecule has 1 rings (SSSR count). The van der Waals surface area contributed by atoms with Gasteiger partial charge in [-0.3, -0.25) is 0 Å². The van der Waals surface area contributed by atoms with Crippen molar-refractivity contribution in [3.05, 3.63) is 23.8 Å². The molecule has 0 radical (unpaired) electrons. The lowest BCUT2D eigenvalue weighted by Gasteiger charge is -2.16. The van der Waals surface area contributed by atoms with Crippen LogP contribution in [-0.2, 0) is 4.74 Å². The number of carboxylic acids is 1. The second kappa shape index (κ2) is 6.10. The number of ether oxygens (including phenoxy) is 2. The van der Waals surface area contributed by atoms with E-state index >= 15 is 0 Å². The van der Waals surface area contributed by atoms with Gasteiger partial charge in [-0.25, -0.2) is 4.79 Å². The Labute approximate surface area is 100 Å². The minimum atomic E-state index is -1.04. The number of benzene rings is 1. The van der Waals surface area contributed by atoms with Gasteiger partial charge >= 0.3 is 5.97 Å². The number of aromatic carboxylic acids is 1. The normalized spacial score (nSPS) is 12.1. The molecule has 0 aliphatic heterocycles. The zero-order chi connectivity index (χ0) is 12.8. The SMILES string of the molecule is CCOCC(C)Oc1cc(N)ccc1C(=O)O. The number of carbonyl (C=O) groups is 1. The fraction of sp³-hybridized carbons (Fsp3) is 0.417. The molecule has 94 valence electrons. The summed E-state index contributed by atoms with van der Waals surface area (Å²) in [5.41, 5.74) is 6.17. The van der Waals surface area contributed by atoms with Gasteiger partial charge in [0.15, 0.2) is 0 Å². The van der Waals surface area contributed by atoms with Crippen molar-refractivity contribution in [2.75, 3.05) is 18.9 Å². The van der Waals surface area contributed by atoms with Gasteiger partial charge in [0.25, 0.3) is 0 Å². The van der Waals surface area contributed by atoms with E-state index in [-0.39, 0.29) is 17.4 Å². The Hall–Kier alpha value is -1.75. The zero-order valence-corrected chi connectivity index (χ0v) is 9.97. The van der Waals surface area contributed by atoms with E-state index in [0.29, 0.717) is 18.9 Å². The lowest BCUT2D eigenvalue weighted by Crippen LogP contribution is -2.20. The molecule has 0 saturated heterocycles. The van der Waals surface area contributed by atoms with Gasteiger partial charge in [-0.05, 0) is 26.0 Å². The molecule has 17 heavy (non-hydrogen) atoms. The summed E-state index contributed by atoms with van der Waals surface area (Å²) in [4.78, 5) is 11.0. The first-order valence-electron chi connectivity index (χ1n) is 5.41. The maximum Gasteiger partial charge on any atom is 0.339 e. The Morgan fingerprint density at radius 2 is 2.24 bits per heavy atom. The topological polar surface area (TPSA) is 81.8 Å². The van der Waals surface area contributed by atoms with Crippen LogP contribution in [0.4, 0.5) is 5.69 Å². The van der Waals surface area contributed by atoms with Gasteiger partial charge in [0.1, 0.15) is 17.4 Å². The van der Waals surface area contributed by atoms with Crippen molar-refractivity contribution < 1.29 is 19.4 Å². The van der Waals surface area contributed by atoms with Gasteiger partial charge in [0, 0.05) is 18.4 Å². The number of rotatable bonds is 6. The Kier molecular flexibility index (Phi) is 4.78. The smallest absolute Gasteiger partial charge is 0.339 e. The summed E-state index contributed by atoms with van der Waals surface area (Å²) in [6, 6.07) is 4.47. The van der Waals surface area contributed by atoms with Crippen molar-refractivity contribution in [3.63, 3.8) is 0 Å². The van der Waals surface area contributed by atoms with E-state index in [2.05, 4.69) is 0 Å². The maximum atomic E-state index is 11.0. The molecule has 5 nitrogen and oxygen atoms in total. The molecule has 0 bridgehead atoms. The molecule has 0 aliphatic rings. The van der Waals surface area contributed by atoms with Crippen LogP contribution in [0.25, 0.3) is 0 Å². The van der Waals surface area contributed by atoms with E-state index in [0.717, 1.165) is 0 Å². The fourth-order valence-electron chi connectivity index (χ4n) is 1.35. The quantitative estimate of drug-likeness (QED) is 0.739. The summed E-state index contributed by atoms with van der Waals surface area (Å²) < 4.78 is 10.7. The van der Waals surface area contributed by atoms with Gasteiger partial charge in [-0.2, -0.15) is 0 Å². The summed E-state index contributed by atoms with van der Waals surface area (Å²) in [7, 11) is 0. The van der Waals surface area contributed by atoms with Crippen molar-refractivity contribution in [2.24, 2.45) is 0 Å². The average Bonchev–Trinajstić information content (AvgIpc) is 2.26. The molecule has 0 amide bonds. The highest BCUT2D eigenvalue weighted by molar-refractivity contribution is 5.91. The number of hydrogen-bond donors (Lipinski definition) is 2. The van der Waals surface area contributed by atoms with Crippen LogP contribution in [0.5, 0.6) is 5.75 Å². The van der Waals surface area contributed by atoms with E-state index in [9.17, 15) is 4.79 Å². The summed E-state index contributed by atoms with van der Waals surface area (Å²) >= 11 is 0. The van der Waals surface area contributed by atoms with Gasteiger partial charge in [0.2, 0.25) is 0 Å². The molecular formula is C12H17NO4. The summed E-state index contributed by atoms with van der Waals surface area (Å²) in [6.45, 7) is 4.70. The van der Waals surface area contributed by atoms with Crippen molar-refractivity contribution in [1.82, 2.24) is 0 Å². The van der Waals surface area contributed by atoms with Crippen molar-refractivity contribution in [2.45, 2.75) is 20.0 Å². The van der Waals surface area contributed by atoms with Crippen LogP contribution in [-0.4, -0.2) is 30.4 Å². The van der Waals surface area contributed by atoms with Gasteiger partial charge in [-0.15, -0.1) is 0 Å². The number of hydrogen-bond acceptors (Lipinski definition) is 4. The predicted molar refractivity (Wildman–Crippen MR) is 64.4 cm³/mol. The summed E-state index contributed by atoms with van der Waals surface area (Å²) in [5.74, 6) is -0.770. The van der Waals surface area contributed by atoms with Crippen molar-refractivity contribution in [1.29, 1.82) is 0 Å². The monoisotopic (exact) mass is 239 g/mol. The summed E-state index contributed by atoms with van der Waals surface area (Å²) in [6.07, 6.45) is -0.227. The van der Waals surface area contributed by atoms with Gasteiger partial charge < -0.3 is 20.3 Å². The molecular weight excluding hydrogens is 222 g/mol. The molecule has 1 unspecified atom stereocenters. The Morgan fingerprint density at radius 1 is 1.53 bits per heavy atom. The lowest BCUT2D eigenvalue weighted by molar-refractivity contribution is 0.0607. The van der Waals surface area contributed by atoms with Gasteiger partial charge in [0.05, 0.1) is 6.61 Å². The molecule has 1 atom stereocenters. The van der Waals surface area contributed by atoms with E-state index in [1.54, 1.807) is 0 Å². The zero-order valence-electron chi connectivity index (χ0n) is 9.97. The lowest BCUT2D eigenvalue weighted by atomic mass is 10.2. The van der Waals surface area contributed by atoms with Gasteiger partial charge in [-0.1, -0.05) is 0 Å². The Bertz CT molecular complexity index is 392. The molecule has 0 fully saturated rings. The number of anilines is 1. The first-order valence-corrected chi connectivity index (χ1v) is 5.41. The standard InChI is InChI=1S/C12H17NO4/c1-3-16-7-8(2)17-11-6-9(13)4-5-10(11)12(14)15/h4-6,8H,3,7,13H2,1-2H3,(H,14,15). The van der Waals surface area contributed by atoms with E-state index in [4.69, 9.17) is 20.3 Å². The first kappa shape index (κ1) is 13.3. The molecule has 5 heteroatoms. The summed E-state index contributed by atoms with van der Waals surface area (Å²) in [5, 5.41) is 8.99. The minimum Gasteiger partial charge on any atom is -0.487 e. The van der Waals surface area contributed by atoms with E-state index in [1.807, 2.05) is 13.8 Å². The van der Waals surface area contributed by atoms with Crippen LogP contribution in [0.2, 0.25) is 0 Å². The van der Waals surface area contributed by atoms with Crippen LogP contribution in [0.15, 0.2) is 18.2 Å². The van der Waals surface area contributed by atoms with Crippen LogP contribution >= 0.6 is 0 Å². The highest BCUT2D eigenvalue weighted by Crippen LogP contribution is 2.23. The number of nitrogens with two attached hydrogens (primary N) is 1. The predicted octanol–water partition coefficient (Wildman–Crippen LogP) is 1.77. The van der Waals surface area contributed by atoms with E-state index < -0.39 is 5.97 Å². The molecule has 1 aromatic carbocycles. The van der Waals surface area contributed by atoms with Crippen LogP contribution in [0.3, 0.4) is 0 Å². The molecule has 0 aliphatic carbocycles. The number of carboxylic acid groups (broad SMARTS) is 1. The van der Waals surface area contributed by atoms with Crippen LogP contribution in [0.1, 0.15) is 24.2 Å².